The number of imidazole rings is 1. The van der Waals surface area contributed by atoms with Crippen molar-refractivity contribution in [3.8, 4) is 0 Å². The second-order valence-corrected chi connectivity index (χ2v) is 10.3. The summed E-state index contributed by atoms with van der Waals surface area (Å²) in [5.74, 6) is -0.204. The number of fused-ring (bicyclic) bond motifs is 1. The molecule has 168 valence electrons. The van der Waals surface area contributed by atoms with Crippen molar-refractivity contribution in [1.82, 2.24) is 19.5 Å². The molecule has 0 spiro atoms. The molecule has 2 atom stereocenters. The van der Waals surface area contributed by atoms with E-state index in [1.54, 1.807) is 30.6 Å². The Kier molecular flexibility index (Phi) is 6.17. The van der Waals surface area contributed by atoms with Crippen molar-refractivity contribution < 1.29 is 19.1 Å². The number of hydrogen-bond donors (Lipinski definition) is 1. The Balaban J connectivity index is 1.51. The molecule has 4 rings (SSSR count). The molecular formula is C22H24IN5O4. The Labute approximate surface area is 199 Å². The van der Waals surface area contributed by atoms with Crippen molar-refractivity contribution in [2.75, 3.05) is 11.9 Å². The second-order valence-electron chi connectivity index (χ2n) is 8.65. The number of carbonyl (C=O) groups is 2. The van der Waals surface area contributed by atoms with E-state index in [1.165, 1.54) is 6.33 Å². The van der Waals surface area contributed by atoms with Crippen molar-refractivity contribution in [3.05, 3.63) is 48.5 Å². The lowest BCUT2D eigenvalue weighted by Crippen LogP contribution is -2.30. The van der Waals surface area contributed by atoms with Gasteiger partial charge in [0.1, 0.15) is 19.3 Å². The summed E-state index contributed by atoms with van der Waals surface area (Å²) < 4.78 is 12.8. The highest BCUT2D eigenvalue weighted by molar-refractivity contribution is 14.1. The molecule has 1 aromatic carbocycles. The normalized spacial score (nSPS) is 20.9. The van der Waals surface area contributed by atoms with Crippen molar-refractivity contribution >= 4 is 51.4 Å². The number of anilines is 1. The number of benzene rings is 1. The third-order valence-corrected chi connectivity index (χ3v) is 6.41. The van der Waals surface area contributed by atoms with Gasteiger partial charge in [0.15, 0.2) is 20.7 Å². The molecule has 1 aliphatic rings. The van der Waals surface area contributed by atoms with Gasteiger partial charge in [-0.3, -0.25) is 14.2 Å². The van der Waals surface area contributed by atoms with Crippen LogP contribution in [0.1, 0.15) is 44.0 Å². The van der Waals surface area contributed by atoms with Crippen LogP contribution >= 0.6 is 22.6 Å². The minimum Gasteiger partial charge on any atom is -0.463 e. The van der Waals surface area contributed by atoms with Gasteiger partial charge < -0.3 is 14.8 Å². The van der Waals surface area contributed by atoms with Gasteiger partial charge in [-0.25, -0.2) is 15.0 Å². The number of halogens is 1. The van der Waals surface area contributed by atoms with E-state index in [0.717, 1.165) is 6.42 Å². The molecule has 9 nitrogen and oxygen atoms in total. The number of carbonyl (C=O) groups excluding carboxylic acids is 2. The summed E-state index contributed by atoms with van der Waals surface area (Å²) in [4.78, 5) is 37.6. The maximum absolute atomic E-state index is 12.6. The zero-order valence-electron chi connectivity index (χ0n) is 18.0. The molecule has 3 heterocycles. The van der Waals surface area contributed by atoms with Crippen LogP contribution < -0.4 is 5.32 Å². The maximum atomic E-state index is 12.6. The van der Waals surface area contributed by atoms with Crippen LogP contribution in [0.25, 0.3) is 11.2 Å². The van der Waals surface area contributed by atoms with Crippen LogP contribution in [-0.2, 0) is 18.0 Å². The second kappa shape index (κ2) is 8.74. The zero-order valence-corrected chi connectivity index (χ0v) is 20.2. The van der Waals surface area contributed by atoms with Crippen LogP contribution in [0.3, 0.4) is 0 Å². The largest absolute Gasteiger partial charge is 0.463 e. The summed E-state index contributed by atoms with van der Waals surface area (Å²) in [6.45, 7) is 5.65. The number of alkyl halides is 1. The number of aromatic nitrogens is 4. The first-order valence-electron chi connectivity index (χ1n) is 10.3. The van der Waals surface area contributed by atoms with E-state index >= 15 is 0 Å². The molecule has 0 bridgehead atoms. The Morgan fingerprint density at radius 1 is 1.25 bits per heavy atom. The highest BCUT2D eigenvalue weighted by Crippen LogP contribution is 2.42. The number of nitrogens with zero attached hydrogens (tertiary/aromatic N) is 4. The lowest BCUT2D eigenvalue weighted by Gasteiger charge is -2.25. The lowest BCUT2D eigenvalue weighted by molar-refractivity contribution is -0.157. The highest BCUT2D eigenvalue weighted by atomic mass is 127. The molecule has 10 heteroatoms. The molecule has 0 unspecified atom stereocenters. The molecule has 0 aliphatic carbocycles. The van der Waals surface area contributed by atoms with Crippen LogP contribution in [0.5, 0.6) is 0 Å². The Morgan fingerprint density at radius 3 is 2.72 bits per heavy atom. The van der Waals surface area contributed by atoms with Crippen LogP contribution in [0.15, 0.2) is 43.0 Å². The van der Waals surface area contributed by atoms with E-state index < -0.39 is 9.15 Å². The van der Waals surface area contributed by atoms with Crippen molar-refractivity contribution in [1.29, 1.82) is 0 Å². The number of amides is 1. The van der Waals surface area contributed by atoms with Gasteiger partial charge >= 0.3 is 5.97 Å². The van der Waals surface area contributed by atoms with E-state index in [2.05, 4.69) is 42.9 Å². The monoisotopic (exact) mass is 549 g/mol. The molecule has 0 saturated carbocycles. The number of ether oxygens (including phenoxy) is 2. The third-order valence-electron chi connectivity index (χ3n) is 5.10. The molecular weight excluding hydrogens is 525 g/mol. The third kappa shape index (κ3) is 4.60. The number of rotatable bonds is 5. The van der Waals surface area contributed by atoms with Crippen molar-refractivity contribution in [2.24, 2.45) is 5.41 Å². The van der Waals surface area contributed by atoms with Crippen LogP contribution in [0, 0.1) is 5.41 Å². The first-order valence-corrected chi connectivity index (χ1v) is 11.3. The van der Waals surface area contributed by atoms with E-state index in [1.807, 2.05) is 31.4 Å². The van der Waals surface area contributed by atoms with E-state index in [9.17, 15) is 9.59 Å². The first kappa shape index (κ1) is 22.6. The lowest BCUT2D eigenvalue weighted by atomic mass is 9.97. The van der Waals surface area contributed by atoms with Gasteiger partial charge in [-0.05, 0) is 61.9 Å². The van der Waals surface area contributed by atoms with Gasteiger partial charge in [-0.2, -0.15) is 0 Å². The average Bonchev–Trinajstić information content (AvgIpc) is 3.37. The summed E-state index contributed by atoms with van der Waals surface area (Å²) >= 11 is 2.22. The predicted octanol–water partition coefficient (Wildman–Crippen LogP) is 3.89. The number of nitrogens with one attached hydrogen (secondary N) is 1. The highest BCUT2D eigenvalue weighted by Gasteiger charge is 2.41. The number of esters is 1. The van der Waals surface area contributed by atoms with E-state index in [4.69, 9.17) is 9.47 Å². The molecule has 1 fully saturated rings. The quantitative estimate of drug-likeness (QED) is 0.292. The average molecular weight is 549 g/mol. The molecule has 3 aromatic rings. The summed E-state index contributed by atoms with van der Waals surface area (Å²) in [5.41, 5.74) is 0.984. The van der Waals surface area contributed by atoms with Gasteiger partial charge in [0.2, 0.25) is 0 Å². The number of hydrogen-bond acceptors (Lipinski definition) is 7. The summed E-state index contributed by atoms with van der Waals surface area (Å²) in [6.07, 6.45) is 4.20. The summed E-state index contributed by atoms with van der Waals surface area (Å²) in [6, 6.07) is 8.90. The fourth-order valence-electron chi connectivity index (χ4n) is 3.33. The Morgan fingerprint density at radius 2 is 2.00 bits per heavy atom. The van der Waals surface area contributed by atoms with Gasteiger partial charge in [0, 0.05) is 12.0 Å². The Bertz CT molecular complexity index is 1140. The van der Waals surface area contributed by atoms with E-state index in [0.29, 0.717) is 29.0 Å². The van der Waals surface area contributed by atoms with Gasteiger partial charge in [0.25, 0.3) is 5.91 Å². The van der Waals surface area contributed by atoms with Crippen LogP contribution in [0.2, 0.25) is 0 Å². The minimum atomic E-state index is -0.736. The van der Waals surface area contributed by atoms with E-state index in [-0.39, 0.29) is 24.6 Å². The van der Waals surface area contributed by atoms with Crippen LogP contribution in [-0.4, -0.2) is 44.1 Å². The van der Waals surface area contributed by atoms with Gasteiger partial charge in [0.05, 0.1) is 11.5 Å². The summed E-state index contributed by atoms with van der Waals surface area (Å²) in [5, 5.41) is 2.81. The molecule has 1 aliphatic heterocycles. The van der Waals surface area contributed by atoms with Gasteiger partial charge in [-0.1, -0.05) is 18.2 Å². The zero-order chi connectivity index (χ0) is 22.9. The van der Waals surface area contributed by atoms with Gasteiger partial charge in [-0.15, -0.1) is 0 Å². The molecule has 0 radical (unpaired) electrons. The SMILES string of the molecule is CC(C)(C)C(=O)OC[C@@H]1CC[C@@](I)(n2cnc3c(NC(=O)c4ccccc4)ncnc32)O1. The van der Waals surface area contributed by atoms with Crippen LogP contribution in [0.4, 0.5) is 5.82 Å². The minimum absolute atomic E-state index is 0.195. The van der Waals surface area contributed by atoms with Crippen molar-refractivity contribution in [3.63, 3.8) is 0 Å². The summed E-state index contributed by atoms with van der Waals surface area (Å²) in [7, 11) is 0. The smallest absolute Gasteiger partial charge is 0.311 e. The Hall–Kier alpha value is -2.60. The topological polar surface area (TPSA) is 108 Å². The molecule has 2 aromatic heterocycles. The van der Waals surface area contributed by atoms with Crippen molar-refractivity contribution in [2.45, 2.75) is 43.4 Å². The molecule has 1 N–H and O–H groups in total. The predicted molar refractivity (Wildman–Crippen MR) is 126 cm³/mol. The fraction of sp³-hybridized carbons (Fsp3) is 0.409. The molecule has 32 heavy (non-hydrogen) atoms. The standard InChI is InChI=1S/C22H24IN5O4/c1-21(2,3)20(30)31-11-15-9-10-22(23,32-15)28-13-26-16-17(24-12-25-18(16)28)27-19(29)14-7-5-4-6-8-14/h4-8,12-13,15H,9-11H2,1-3H3,(H,24,25,27,29)/t15-,22+/m0/s1. The molecule has 1 amide bonds. The maximum Gasteiger partial charge on any atom is 0.311 e. The molecule has 1 saturated heterocycles. The fourth-order valence-corrected chi connectivity index (χ4v) is 4.36. The first-order chi connectivity index (χ1) is 15.2.